The predicted octanol–water partition coefficient (Wildman–Crippen LogP) is 0.790. The molecule has 1 atom stereocenters. The number of nitrogens with one attached hydrogen (secondary N) is 1. The van der Waals surface area contributed by atoms with E-state index in [1.165, 1.54) is 12.1 Å². The number of primary sulfonamides is 1. The number of hydrogen-bond acceptors (Lipinski definition) is 4. The van der Waals surface area contributed by atoms with Crippen LogP contribution in [0.3, 0.4) is 0 Å². The molecule has 7 heteroatoms. The van der Waals surface area contributed by atoms with Crippen molar-refractivity contribution in [3.05, 3.63) is 24.3 Å². The van der Waals surface area contributed by atoms with Crippen molar-refractivity contribution in [2.75, 3.05) is 5.32 Å². The van der Waals surface area contributed by atoms with Crippen LogP contribution in [0.15, 0.2) is 29.2 Å². The van der Waals surface area contributed by atoms with Crippen LogP contribution < -0.4 is 16.2 Å². The smallest absolute Gasteiger partial charge is 0.240 e. The van der Waals surface area contributed by atoms with E-state index < -0.39 is 10.0 Å². The molecule has 1 rings (SSSR count). The molecule has 0 bridgehead atoms. The lowest BCUT2D eigenvalue weighted by atomic mass is 10.1. The third-order valence-electron chi connectivity index (χ3n) is 2.53. The van der Waals surface area contributed by atoms with E-state index in [0.717, 1.165) is 6.42 Å². The standard InChI is InChI=1S/C12H19N3O3S/c1-9(13)5-4-8-12(16)15-10-6-2-3-7-11(10)19(14,17)18/h2-3,6-7,9H,4-5,8,13H2,1H3,(H,15,16)(H2,14,17,18). The Morgan fingerprint density at radius 1 is 1.37 bits per heavy atom. The molecule has 0 aliphatic rings. The van der Waals surface area contributed by atoms with Gasteiger partial charge >= 0.3 is 0 Å². The number of carbonyl (C=O) groups is 1. The second kappa shape index (κ2) is 6.65. The highest BCUT2D eigenvalue weighted by Crippen LogP contribution is 2.19. The van der Waals surface area contributed by atoms with Crippen LogP contribution >= 0.6 is 0 Å². The first-order valence-electron chi connectivity index (χ1n) is 5.98. The number of carbonyl (C=O) groups excluding carboxylic acids is 1. The normalized spacial score (nSPS) is 13.0. The molecule has 0 saturated heterocycles. The van der Waals surface area contributed by atoms with Gasteiger partial charge in [-0.05, 0) is 31.9 Å². The van der Waals surface area contributed by atoms with E-state index >= 15 is 0 Å². The Labute approximate surface area is 113 Å². The highest BCUT2D eigenvalue weighted by Gasteiger charge is 2.14. The summed E-state index contributed by atoms with van der Waals surface area (Å²) in [5, 5.41) is 7.63. The largest absolute Gasteiger partial charge is 0.328 e. The van der Waals surface area contributed by atoms with Gasteiger partial charge < -0.3 is 11.1 Å². The highest BCUT2D eigenvalue weighted by atomic mass is 32.2. The number of nitrogens with two attached hydrogens (primary N) is 2. The van der Waals surface area contributed by atoms with E-state index in [1.807, 2.05) is 6.92 Å². The Kier molecular flexibility index (Phi) is 5.46. The van der Waals surface area contributed by atoms with E-state index in [1.54, 1.807) is 12.1 Å². The predicted molar refractivity (Wildman–Crippen MR) is 73.9 cm³/mol. The van der Waals surface area contributed by atoms with E-state index in [-0.39, 0.29) is 22.5 Å². The molecule has 6 nitrogen and oxygen atoms in total. The first-order chi connectivity index (χ1) is 8.80. The summed E-state index contributed by atoms with van der Waals surface area (Å²) in [5.74, 6) is -0.253. The summed E-state index contributed by atoms with van der Waals surface area (Å²) in [6.07, 6.45) is 1.69. The Morgan fingerprint density at radius 3 is 2.58 bits per heavy atom. The average molecular weight is 285 g/mol. The molecule has 0 spiro atoms. The molecule has 0 fully saturated rings. The van der Waals surface area contributed by atoms with Gasteiger partial charge in [0.05, 0.1) is 5.69 Å². The molecule has 19 heavy (non-hydrogen) atoms. The summed E-state index contributed by atoms with van der Waals surface area (Å²) in [5.41, 5.74) is 5.79. The zero-order chi connectivity index (χ0) is 14.5. The SMILES string of the molecule is CC(N)CCCC(=O)Nc1ccccc1S(N)(=O)=O. The van der Waals surface area contributed by atoms with E-state index in [2.05, 4.69) is 5.32 Å². The van der Waals surface area contributed by atoms with Gasteiger partial charge in [-0.15, -0.1) is 0 Å². The second-order valence-electron chi connectivity index (χ2n) is 4.46. The lowest BCUT2D eigenvalue weighted by Gasteiger charge is -2.09. The van der Waals surface area contributed by atoms with Crippen molar-refractivity contribution >= 4 is 21.6 Å². The molecular formula is C12H19N3O3S. The van der Waals surface area contributed by atoms with Gasteiger partial charge in [0.25, 0.3) is 0 Å². The lowest BCUT2D eigenvalue weighted by molar-refractivity contribution is -0.116. The van der Waals surface area contributed by atoms with Gasteiger partial charge in [-0.25, -0.2) is 13.6 Å². The summed E-state index contributed by atoms with van der Waals surface area (Å²) in [7, 11) is -3.85. The maximum atomic E-state index is 11.7. The van der Waals surface area contributed by atoms with Gasteiger partial charge in [0, 0.05) is 12.5 Å². The summed E-state index contributed by atoms with van der Waals surface area (Å²) in [6, 6.07) is 6.08. The maximum absolute atomic E-state index is 11.7. The number of amides is 1. The fourth-order valence-corrected chi connectivity index (χ4v) is 2.31. The number of hydrogen-bond donors (Lipinski definition) is 3. The van der Waals surface area contributed by atoms with Gasteiger partial charge in [0.1, 0.15) is 4.90 Å². The highest BCUT2D eigenvalue weighted by molar-refractivity contribution is 7.89. The van der Waals surface area contributed by atoms with Crippen molar-refractivity contribution in [1.29, 1.82) is 0 Å². The molecule has 1 aromatic rings. The first kappa shape index (κ1) is 15.6. The molecule has 106 valence electrons. The van der Waals surface area contributed by atoms with Crippen molar-refractivity contribution in [2.45, 2.75) is 37.1 Å². The Hall–Kier alpha value is -1.44. The Morgan fingerprint density at radius 2 is 2.00 bits per heavy atom. The van der Waals surface area contributed by atoms with Gasteiger partial charge in [-0.2, -0.15) is 0 Å². The van der Waals surface area contributed by atoms with Crippen LogP contribution in [-0.4, -0.2) is 20.4 Å². The van der Waals surface area contributed by atoms with Gasteiger partial charge in [0.2, 0.25) is 15.9 Å². The van der Waals surface area contributed by atoms with Gasteiger partial charge in [-0.3, -0.25) is 4.79 Å². The summed E-state index contributed by atoms with van der Waals surface area (Å²) < 4.78 is 22.7. The number of rotatable bonds is 6. The molecule has 0 radical (unpaired) electrons. The zero-order valence-electron chi connectivity index (χ0n) is 10.8. The molecule has 0 heterocycles. The number of sulfonamides is 1. The molecule has 1 aromatic carbocycles. The summed E-state index contributed by atoms with van der Waals surface area (Å²) in [4.78, 5) is 11.6. The molecule has 0 saturated carbocycles. The second-order valence-corrected chi connectivity index (χ2v) is 5.99. The minimum Gasteiger partial charge on any atom is -0.328 e. The van der Waals surface area contributed by atoms with Crippen LogP contribution in [0.1, 0.15) is 26.2 Å². The van der Waals surface area contributed by atoms with Crippen LogP contribution in [0.2, 0.25) is 0 Å². The van der Waals surface area contributed by atoms with Crippen molar-refractivity contribution < 1.29 is 13.2 Å². The molecule has 0 aliphatic carbocycles. The third kappa shape index (κ3) is 5.37. The van der Waals surface area contributed by atoms with E-state index in [4.69, 9.17) is 10.9 Å². The summed E-state index contributed by atoms with van der Waals surface area (Å²) in [6.45, 7) is 1.87. The molecule has 0 aliphatic heterocycles. The average Bonchev–Trinajstić information content (AvgIpc) is 2.27. The fourth-order valence-electron chi connectivity index (χ4n) is 1.62. The van der Waals surface area contributed by atoms with Crippen LogP contribution in [0.4, 0.5) is 5.69 Å². The van der Waals surface area contributed by atoms with Crippen molar-refractivity contribution in [3.8, 4) is 0 Å². The Bertz CT molecular complexity index is 541. The monoisotopic (exact) mass is 285 g/mol. The minimum atomic E-state index is -3.85. The third-order valence-corrected chi connectivity index (χ3v) is 3.50. The van der Waals surface area contributed by atoms with Crippen LogP contribution in [0.5, 0.6) is 0 Å². The van der Waals surface area contributed by atoms with Gasteiger partial charge in [0.15, 0.2) is 0 Å². The van der Waals surface area contributed by atoms with Crippen molar-refractivity contribution in [3.63, 3.8) is 0 Å². The number of anilines is 1. The summed E-state index contributed by atoms with van der Waals surface area (Å²) >= 11 is 0. The van der Waals surface area contributed by atoms with Crippen LogP contribution in [0, 0.1) is 0 Å². The molecule has 1 amide bonds. The number of para-hydroxylation sites is 1. The molecule has 5 N–H and O–H groups in total. The topological polar surface area (TPSA) is 115 Å². The fraction of sp³-hybridized carbons (Fsp3) is 0.417. The van der Waals surface area contributed by atoms with E-state index in [9.17, 15) is 13.2 Å². The Balaban J connectivity index is 2.70. The lowest BCUT2D eigenvalue weighted by Crippen LogP contribution is -2.19. The van der Waals surface area contributed by atoms with Crippen molar-refractivity contribution in [2.24, 2.45) is 10.9 Å². The van der Waals surface area contributed by atoms with E-state index in [0.29, 0.717) is 12.8 Å². The molecule has 1 unspecified atom stereocenters. The first-order valence-corrected chi connectivity index (χ1v) is 7.52. The van der Waals surface area contributed by atoms with Crippen LogP contribution in [0.25, 0.3) is 0 Å². The molecule has 0 aromatic heterocycles. The van der Waals surface area contributed by atoms with Crippen LogP contribution in [-0.2, 0) is 14.8 Å². The van der Waals surface area contributed by atoms with Crippen molar-refractivity contribution in [1.82, 2.24) is 0 Å². The molecular weight excluding hydrogens is 266 g/mol. The maximum Gasteiger partial charge on any atom is 0.240 e. The minimum absolute atomic E-state index is 0.0458. The zero-order valence-corrected chi connectivity index (χ0v) is 11.6. The number of benzene rings is 1. The van der Waals surface area contributed by atoms with Gasteiger partial charge in [-0.1, -0.05) is 12.1 Å². The quantitative estimate of drug-likeness (QED) is 0.716.